The molecule has 2 aliphatic heterocycles. The summed E-state index contributed by atoms with van der Waals surface area (Å²) in [5.74, 6) is 0.298. The lowest BCUT2D eigenvalue weighted by atomic mass is 9.86. The Morgan fingerprint density at radius 2 is 1.69 bits per heavy atom. The number of carboxylic acids is 1. The molecule has 2 heterocycles. The van der Waals surface area contributed by atoms with Crippen molar-refractivity contribution in [3.05, 3.63) is 70.8 Å². The average Bonchev–Trinajstić information content (AvgIpc) is 2.84. The van der Waals surface area contributed by atoms with Crippen molar-refractivity contribution in [2.24, 2.45) is 0 Å². The molecule has 1 N–H and O–H groups in total. The molecule has 0 amide bonds. The molecular formula is C22H23NO2S. The maximum Gasteiger partial charge on any atom is 0.304 e. The topological polar surface area (TPSA) is 40.5 Å². The van der Waals surface area contributed by atoms with E-state index in [-0.39, 0.29) is 6.42 Å². The number of piperidine rings is 1. The van der Waals surface area contributed by atoms with Gasteiger partial charge in [-0.2, -0.15) is 0 Å². The van der Waals surface area contributed by atoms with Crippen LogP contribution in [-0.4, -0.2) is 35.6 Å². The van der Waals surface area contributed by atoms with E-state index in [0.717, 1.165) is 31.7 Å². The molecule has 4 rings (SSSR count). The van der Waals surface area contributed by atoms with Crippen molar-refractivity contribution in [3.8, 4) is 0 Å². The van der Waals surface area contributed by atoms with Gasteiger partial charge in [-0.3, -0.25) is 4.79 Å². The summed E-state index contributed by atoms with van der Waals surface area (Å²) >= 11 is 1.92. The summed E-state index contributed by atoms with van der Waals surface area (Å²) in [4.78, 5) is 14.5. The summed E-state index contributed by atoms with van der Waals surface area (Å²) in [6.07, 6.45) is 2.26. The minimum Gasteiger partial charge on any atom is -0.481 e. The Labute approximate surface area is 158 Å². The minimum absolute atomic E-state index is 0.230. The first kappa shape index (κ1) is 17.4. The van der Waals surface area contributed by atoms with Crippen LogP contribution in [0.2, 0.25) is 0 Å². The number of aliphatic carboxylic acids is 1. The predicted octanol–water partition coefficient (Wildman–Crippen LogP) is 4.66. The molecule has 0 aromatic heterocycles. The molecule has 0 atom stereocenters. The Hall–Kier alpha value is -2.04. The lowest BCUT2D eigenvalue weighted by Crippen LogP contribution is -2.33. The second kappa shape index (κ2) is 7.68. The summed E-state index contributed by atoms with van der Waals surface area (Å²) in [6, 6.07) is 17.5. The molecule has 1 saturated heterocycles. The molecule has 3 nitrogen and oxygen atoms in total. The average molecular weight is 365 g/mol. The quantitative estimate of drug-likeness (QED) is 0.858. The molecule has 134 valence electrons. The molecule has 0 spiro atoms. The van der Waals surface area contributed by atoms with Gasteiger partial charge in [-0.05, 0) is 41.2 Å². The maximum absolute atomic E-state index is 10.8. The van der Waals surface area contributed by atoms with Crippen LogP contribution in [0.3, 0.4) is 0 Å². The smallest absolute Gasteiger partial charge is 0.304 e. The molecule has 2 aliphatic rings. The highest BCUT2D eigenvalue weighted by molar-refractivity contribution is 7.98. The van der Waals surface area contributed by atoms with Crippen LogP contribution in [-0.2, 0) is 10.5 Å². The summed E-state index contributed by atoms with van der Waals surface area (Å²) in [5, 5.41) is 8.91. The molecule has 0 unspecified atom stereocenters. The van der Waals surface area contributed by atoms with Crippen LogP contribution in [0, 0.1) is 0 Å². The molecule has 0 saturated carbocycles. The Balaban J connectivity index is 1.69. The SMILES string of the molecule is O=C(O)CCN1CCC(=C2c3ccccc3CSc3ccccc32)CC1. The van der Waals surface area contributed by atoms with Crippen LogP contribution in [0.25, 0.3) is 5.57 Å². The number of benzene rings is 2. The van der Waals surface area contributed by atoms with Crippen LogP contribution in [0.1, 0.15) is 36.0 Å². The van der Waals surface area contributed by atoms with Crippen molar-refractivity contribution in [2.75, 3.05) is 19.6 Å². The molecular weight excluding hydrogens is 342 g/mol. The van der Waals surface area contributed by atoms with E-state index >= 15 is 0 Å². The van der Waals surface area contributed by atoms with Crippen molar-refractivity contribution in [3.63, 3.8) is 0 Å². The van der Waals surface area contributed by atoms with Gasteiger partial charge in [0.2, 0.25) is 0 Å². The second-order valence-corrected chi connectivity index (χ2v) is 7.92. The number of rotatable bonds is 3. The summed E-state index contributed by atoms with van der Waals surface area (Å²) in [7, 11) is 0. The van der Waals surface area contributed by atoms with Gasteiger partial charge in [0.05, 0.1) is 6.42 Å². The van der Waals surface area contributed by atoms with Crippen molar-refractivity contribution >= 4 is 23.3 Å². The number of nitrogens with zero attached hydrogens (tertiary/aromatic N) is 1. The van der Waals surface area contributed by atoms with E-state index in [4.69, 9.17) is 5.11 Å². The fourth-order valence-electron chi connectivity index (χ4n) is 3.92. The molecule has 0 radical (unpaired) electrons. The van der Waals surface area contributed by atoms with Gasteiger partial charge in [-0.1, -0.05) is 48.0 Å². The predicted molar refractivity (Wildman–Crippen MR) is 106 cm³/mol. The van der Waals surface area contributed by atoms with E-state index < -0.39 is 5.97 Å². The van der Waals surface area contributed by atoms with Crippen molar-refractivity contribution in [2.45, 2.75) is 29.9 Å². The zero-order valence-electron chi connectivity index (χ0n) is 14.8. The van der Waals surface area contributed by atoms with E-state index in [1.807, 2.05) is 11.8 Å². The van der Waals surface area contributed by atoms with Gasteiger partial charge in [-0.15, -0.1) is 11.8 Å². The Kier molecular flexibility index (Phi) is 5.14. The van der Waals surface area contributed by atoms with Gasteiger partial charge in [0.15, 0.2) is 0 Å². The zero-order valence-corrected chi connectivity index (χ0v) is 15.6. The third-order valence-corrected chi connectivity index (χ3v) is 6.40. The first-order valence-corrected chi connectivity index (χ1v) is 10.2. The first-order valence-electron chi connectivity index (χ1n) is 9.19. The van der Waals surface area contributed by atoms with Gasteiger partial charge in [0.1, 0.15) is 0 Å². The van der Waals surface area contributed by atoms with Crippen LogP contribution >= 0.6 is 11.8 Å². The number of thioether (sulfide) groups is 1. The third kappa shape index (κ3) is 3.57. The molecule has 0 aliphatic carbocycles. The highest BCUT2D eigenvalue weighted by Gasteiger charge is 2.24. The number of hydrogen-bond donors (Lipinski definition) is 1. The highest BCUT2D eigenvalue weighted by atomic mass is 32.2. The van der Waals surface area contributed by atoms with E-state index in [1.54, 1.807) is 0 Å². The van der Waals surface area contributed by atoms with Gasteiger partial charge in [0.25, 0.3) is 0 Å². The Morgan fingerprint density at radius 1 is 1.00 bits per heavy atom. The molecule has 26 heavy (non-hydrogen) atoms. The number of fused-ring (bicyclic) bond motifs is 2. The Bertz CT molecular complexity index is 799. The summed E-state index contributed by atoms with van der Waals surface area (Å²) in [6.45, 7) is 2.55. The van der Waals surface area contributed by atoms with E-state index in [1.165, 1.54) is 32.7 Å². The number of carboxylic acid groups (broad SMARTS) is 1. The molecule has 4 heteroatoms. The fraction of sp³-hybridized carbons (Fsp3) is 0.318. The normalized spacial score (nSPS) is 17.4. The van der Waals surface area contributed by atoms with Crippen molar-refractivity contribution in [1.82, 2.24) is 4.90 Å². The van der Waals surface area contributed by atoms with Crippen LogP contribution in [0.4, 0.5) is 0 Å². The second-order valence-electron chi connectivity index (χ2n) is 6.91. The van der Waals surface area contributed by atoms with Crippen molar-refractivity contribution < 1.29 is 9.90 Å². The van der Waals surface area contributed by atoms with Gasteiger partial charge in [0, 0.05) is 30.3 Å². The maximum atomic E-state index is 10.8. The molecule has 1 fully saturated rings. The Morgan fingerprint density at radius 3 is 2.46 bits per heavy atom. The highest BCUT2D eigenvalue weighted by Crippen LogP contribution is 2.43. The monoisotopic (exact) mass is 365 g/mol. The molecule has 2 aromatic rings. The summed E-state index contributed by atoms with van der Waals surface area (Å²) in [5.41, 5.74) is 7.07. The largest absolute Gasteiger partial charge is 0.481 e. The zero-order chi connectivity index (χ0) is 17.9. The van der Waals surface area contributed by atoms with Crippen LogP contribution in [0.15, 0.2) is 59.0 Å². The van der Waals surface area contributed by atoms with Crippen LogP contribution in [0.5, 0.6) is 0 Å². The third-order valence-electron chi connectivity index (χ3n) is 5.28. The fourth-order valence-corrected chi connectivity index (χ4v) is 4.98. The lowest BCUT2D eigenvalue weighted by Gasteiger charge is -2.30. The standard InChI is InChI=1S/C22H23NO2S/c24-21(25)11-14-23-12-9-16(10-13-23)22-18-6-2-1-5-17(18)15-26-20-8-4-3-7-19(20)22/h1-8H,9-15H2,(H,24,25). The molecule has 0 bridgehead atoms. The number of hydrogen-bond acceptors (Lipinski definition) is 3. The van der Waals surface area contributed by atoms with Gasteiger partial charge < -0.3 is 10.0 Å². The van der Waals surface area contributed by atoms with E-state index in [2.05, 4.69) is 53.4 Å². The van der Waals surface area contributed by atoms with E-state index in [0.29, 0.717) is 6.54 Å². The van der Waals surface area contributed by atoms with Crippen molar-refractivity contribution in [1.29, 1.82) is 0 Å². The minimum atomic E-state index is -0.710. The molecule has 2 aromatic carbocycles. The van der Waals surface area contributed by atoms with Gasteiger partial charge in [-0.25, -0.2) is 0 Å². The van der Waals surface area contributed by atoms with E-state index in [9.17, 15) is 4.79 Å². The van der Waals surface area contributed by atoms with Gasteiger partial charge >= 0.3 is 5.97 Å². The number of likely N-dealkylation sites (tertiary alicyclic amines) is 1. The number of carbonyl (C=O) groups is 1. The lowest BCUT2D eigenvalue weighted by molar-refractivity contribution is -0.137. The van der Waals surface area contributed by atoms with Crippen LogP contribution < -0.4 is 0 Å². The first-order chi connectivity index (χ1) is 12.7. The summed E-state index contributed by atoms with van der Waals surface area (Å²) < 4.78 is 0.